The Labute approximate surface area is 174 Å². The summed E-state index contributed by atoms with van der Waals surface area (Å²) in [5.41, 5.74) is 2.28. The number of nitrogens with one attached hydrogen (secondary N) is 1. The summed E-state index contributed by atoms with van der Waals surface area (Å²) in [6.45, 7) is 2.65. The highest BCUT2D eigenvalue weighted by molar-refractivity contribution is 6.03. The van der Waals surface area contributed by atoms with Gasteiger partial charge in [0.15, 0.2) is 0 Å². The Hall–Kier alpha value is -3.21. The molecule has 1 saturated carbocycles. The Morgan fingerprint density at radius 3 is 2.60 bits per heavy atom. The Morgan fingerprint density at radius 2 is 1.97 bits per heavy atom. The highest BCUT2D eigenvalue weighted by atomic mass is 19.3. The van der Waals surface area contributed by atoms with Gasteiger partial charge >= 0.3 is 12.6 Å². The van der Waals surface area contributed by atoms with Gasteiger partial charge in [-0.25, -0.2) is 9.78 Å². The highest BCUT2D eigenvalue weighted by Gasteiger charge is 2.38. The summed E-state index contributed by atoms with van der Waals surface area (Å²) < 4.78 is 30.1. The predicted molar refractivity (Wildman–Crippen MR) is 110 cm³/mol. The van der Waals surface area contributed by atoms with E-state index in [-0.39, 0.29) is 29.4 Å². The fraction of sp³-hybridized carbons (Fsp3) is 0.409. The minimum atomic E-state index is -3.06. The topological polar surface area (TPSA) is 78.2 Å². The normalized spacial score (nSPS) is 17.9. The predicted octanol–water partition coefficient (Wildman–Crippen LogP) is 5.46. The summed E-state index contributed by atoms with van der Waals surface area (Å²) in [5, 5.41) is 11.8. The van der Waals surface area contributed by atoms with Gasteiger partial charge in [-0.15, -0.1) is 0 Å². The van der Waals surface area contributed by atoms with Gasteiger partial charge < -0.3 is 10.1 Å². The quantitative estimate of drug-likeness (QED) is 0.681. The van der Waals surface area contributed by atoms with Gasteiger partial charge in [0.2, 0.25) is 5.88 Å². The summed E-state index contributed by atoms with van der Waals surface area (Å²) in [5.74, 6) is -0.267. The van der Waals surface area contributed by atoms with Crippen LogP contribution in [0.1, 0.15) is 43.9 Å². The Balaban J connectivity index is 1.94. The molecule has 1 fully saturated rings. The number of rotatable bonds is 6. The van der Waals surface area contributed by atoms with E-state index < -0.39 is 12.6 Å². The number of anilines is 2. The Kier molecular flexibility index (Phi) is 6.50. The van der Waals surface area contributed by atoms with Crippen molar-refractivity contribution < 1.29 is 18.3 Å². The number of hydrogen-bond acceptors (Lipinski definition) is 4. The molecule has 0 aliphatic heterocycles. The van der Waals surface area contributed by atoms with Crippen molar-refractivity contribution in [1.82, 2.24) is 4.98 Å². The Bertz CT molecular complexity index is 952. The van der Waals surface area contributed by atoms with Crippen LogP contribution >= 0.6 is 0 Å². The molecule has 0 atom stereocenters. The summed E-state index contributed by atoms with van der Waals surface area (Å²) in [6, 6.07) is 12.3. The largest absolute Gasteiger partial charge is 0.415 e. The molecule has 1 aromatic carbocycles. The molecule has 0 bridgehead atoms. The third-order valence-electron chi connectivity index (χ3n) is 5.14. The third-order valence-corrected chi connectivity index (χ3v) is 5.14. The summed E-state index contributed by atoms with van der Waals surface area (Å²) in [6.07, 6.45) is 1.12. The van der Waals surface area contributed by atoms with E-state index in [1.807, 2.05) is 38.1 Å². The molecule has 0 spiro atoms. The summed E-state index contributed by atoms with van der Waals surface area (Å²) in [4.78, 5) is 18.9. The lowest BCUT2D eigenvalue weighted by Gasteiger charge is -2.41. The third kappa shape index (κ3) is 4.67. The molecule has 1 aromatic heterocycles. The number of nitriles is 1. The van der Waals surface area contributed by atoms with E-state index >= 15 is 0 Å². The monoisotopic (exact) mass is 414 g/mol. The molecule has 2 amide bonds. The molecule has 1 aliphatic carbocycles. The molecule has 3 rings (SSSR count). The lowest BCUT2D eigenvalue weighted by molar-refractivity contribution is -0.0523. The number of nitrogens with zero attached hydrogens (tertiary/aromatic N) is 3. The molecule has 158 valence electrons. The van der Waals surface area contributed by atoms with Gasteiger partial charge in [-0.2, -0.15) is 14.0 Å². The van der Waals surface area contributed by atoms with Crippen LogP contribution in [0.4, 0.5) is 25.0 Å². The van der Waals surface area contributed by atoms with Crippen molar-refractivity contribution in [3.8, 4) is 11.9 Å². The zero-order valence-electron chi connectivity index (χ0n) is 17.1. The number of ether oxygens (including phenoxy) is 1. The van der Waals surface area contributed by atoms with Crippen LogP contribution in [0.15, 0.2) is 36.4 Å². The molecule has 0 unspecified atom stereocenters. The van der Waals surface area contributed by atoms with Crippen molar-refractivity contribution in [3.63, 3.8) is 0 Å². The van der Waals surface area contributed by atoms with Crippen LogP contribution < -0.4 is 15.0 Å². The van der Waals surface area contributed by atoms with Gasteiger partial charge in [-0.3, -0.25) is 4.90 Å². The number of urea groups is 1. The van der Waals surface area contributed by atoms with Crippen LogP contribution in [0.5, 0.6) is 5.88 Å². The van der Waals surface area contributed by atoms with Crippen molar-refractivity contribution in [3.05, 3.63) is 47.7 Å². The average Bonchev–Trinajstić information content (AvgIpc) is 2.65. The highest BCUT2D eigenvalue weighted by Crippen LogP contribution is 2.38. The number of alkyl halides is 2. The van der Waals surface area contributed by atoms with Gasteiger partial charge in [-0.1, -0.05) is 32.0 Å². The van der Waals surface area contributed by atoms with Crippen molar-refractivity contribution in [2.75, 3.05) is 10.2 Å². The fourth-order valence-corrected chi connectivity index (χ4v) is 3.55. The summed E-state index contributed by atoms with van der Waals surface area (Å²) >= 11 is 0. The van der Waals surface area contributed by atoms with Crippen molar-refractivity contribution >= 4 is 17.4 Å². The van der Waals surface area contributed by atoms with Gasteiger partial charge in [0.1, 0.15) is 5.69 Å². The number of carbonyl (C=O) groups excluding carboxylic acids is 1. The van der Waals surface area contributed by atoms with E-state index in [0.29, 0.717) is 18.5 Å². The fourth-order valence-electron chi connectivity index (χ4n) is 3.55. The van der Waals surface area contributed by atoms with E-state index in [0.717, 1.165) is 11.3 Å². The number of pyridine rings is 1. The van der Waals surface area contributed by atoms with Crippen LogP contribution in [0.2, 0.25) is 0 Å². The molecule has 2 aromatic rings. The average molecular weight is 414 g/mol. The molecule has 8 heteroatoms. The molecular formula is C22H24F2N4O2. The number of para-hydroxylation sites is 1. The molecule has 0 radical (unpaired) electrons. The molecule has 1 heterocycles. The second-order valence-corrected chi connectivity index (χ2v) is 7.65. The number of amides is 2. The minimum absolute atomic E-state index is 0.0640. The first-order valence-electron chi connectivity index (χ1n) is 9.81. The maximum absolute atomic E-state index is 13.3. The molecule has 0 saturated heterocycles. The van der Waals surface area contributed by atoms with Gasteiger partial charge in [0, 0.05) is 17.4 Å². The number of aryl methyl sites for hydroxylation is 1. The lowest BCUT2D eigenvalue weighted by Crippen LogP contribution is -2.50. The molecular weight excluding hydrogens is 390 g/mol. The van der Waals surface area contributed by atoms with Crippen LogP contribution in [0.3, 0.4) is 0 Å². The van der Waals surface area contributed by atoms with Gasteiger partial charge in [-0.05, 0) is 49.4 Å². The van der Waals surface area contributed by atoms with E-state index in [2.05, 4.69) is 21.1 Å². The number of halogens is 2. The first-order chi connectivity index (χ1) is 14.3. The molecule has 6 nitrogen and oxygen atoms in total. The van der Waals surface area contributed by atoms with Crippen molar-refractivity contribution in [2.24, 2.45) is 5.92 Å². The van der Waals surface area contributed by atoms with Crippen molar-refractivity contribution in [2.45, 2.75) is 52.2 Å². The number of aromatic nitrogens is 1. The molecule has 30 heavy (non-hydrogen) atoms. The van der Waals surface area contributed by atoms with E-state index in [9.17, 15) is 13.6 Å². The molecule has 1 N–H and O–H groups in total. The first-order valence-corrected chi connectivity index (χ1v) is 9.81. The van der Waals surface area contributed by atoms with E-state index in [4.69, 9.17) is 5.26 Å². The lowest BCUT2D eigenvalue weighted by atomic mass is 9.80. The van der Waals surface area contributed by atoms with Gasteiger partial charge in [0.25, 0.3) is 0 Å². The maximum atomic E-state index is 13.3. The number of benzene rings is 1. The first kappa shape index (κ1) is 21.5. The number of carbonyl (C=O) groups is 1. The van der Waals surface area contributed by atoms with Crippen molar-refractivity contribution in [1.29, 1.82) is 5.26 Å². The zero-order valence-corrected chi connectivity index (χ0v) is 17.1. The smallest absolute Gasteiger partial charge is 0.388 e. The standard InChI is InChI=1S/C22H24F2N4O2/c1-13(2)17-6-4-5-7-19(17)28(16-10-15(11-16)12-25)22(29)27-18-9-8-14(3)26-20(18)30-21(23)24/h4-9,13,15-16,21H,10-11H2,1-3H3,(H,27,29)/t15-,16+. The van der Waals surface area contributed by atoms with E-state index in [1.54, 1.807) is 17.9 Å². The van der Waals surface area contributed by atoms with Crippen LogP contribution in [0, 0.1) is 24.2 Å². The zero-order chi connectivity index (χ0) is 21.8. The second-order valence-electron chi connectivity index (χ2n) is 7.65. The SMILES string of the molecule is Cc1ccc(NC(=O)N(c2ccccc2C(C)C)[C@H]2C[C@@H](C#N)C2)c(OC(F)F)n1. The Morgan fingerprint density at radius 1 is 1.27 bits per heavy atom. The second kappa shape index (κ2) is 9.08. The van der Waals surface area contributed by atoms with Crippen LogP contribution in [-0.2, 0) is 0 Å². The van der Waals surface area contributed by atoms with Gasteiger partial charge in [0.05, 0.1) is 12.0 Å². The number of hydrogen-bond donors (Lipinski definition) is 1. The van der Waals surface area contributed by atoms with Crippen LogP contribution in [-0.4, -0.2) is 23.7 Å². The summed E-state index contributed by atoms with van der Waals surface area (Å²) in [7, 11) is 0. The van der Waals surface area contributed by atoms with E-state index in [1.165, 1.54) is 6.07 Å². The molecule has 1 aliphatic rings. The van der Waals surface area contributed by atoms with Crippen LogP contribution in [0.25, 0.3) is 0 Å². The maximum Gasteiger partial charge on any atom is 0.388 e. The minimum Gasteiger partial charge on any atom is -0.415 e.